The number of esters is 1. The molecule has 0 bridgehead atoms. The van der Waals surface area contributed by atoms with Crippen molar-refractivity contribution in [2.75, 3.05) is 12.0 Å². The summed E-state index contributed by atoms with van der Waals surface area (Å²) in [5.74, 6) is -1.87. The monoisotopic (exact) mass is 540 g/mol. The van der Waals surface area contributed by atoms with Gasteiger partial charge in [0, 0.05) is 17.1 Å². The Kier molecular flexibility index (Phi) is 7.25. The van der Waals surface area contributed by atoms with E-state index in [2.05, 4.69) is 4.98 Å². The Morgan fingerprint density at radius 2 is 1.74 bits per heavy atom. The number of aliphatic hydroxyl groups excluding tert-OH is 1. The number of Topliss-reactive ketones (excluding diaryl/α,β-unsaturated/α-hetero) is 1. The summed E-state index contributed by atoms with van der Waals surface area (Å²) >= 11 is 1.20. The van der Waals surface area contributed by atoms with E-state index in [1.54, 1.807) is 53.9 Å². The lowest BCUT2D eigenvalue weighted by Crippen LogP contribution is -2.29. The molecule has 196 valence electrons. The lowest BCUT2D eigenvalue weighted by Gasteiger charge is -2.23. The van der Waals surface area contributed by atoms with Gasteiger partial charge in [0.05, 0.1) is 24.3 Å². The topological polar surface area (TPSA) is 106 Å². The first-order chi connectivity index (χ1) is 18.9. The summed E-state index contributed by atoms with van der Waals surface area (Å²) in [6.45, 7) is 2.40. The Morgan fingerprint density at radius 3 is 2.38 bits per heavy atom. The van der Waals surface area contributed by atoms with Crippen LogP contribution in [-0.4, -0.2) is 34.9 Å². The summed E-state index contributed by atoms with van der Waals surface area (Å²) in [5, 5.41) is 13.3. The maximum atomic E-state index is 13.3. The van der Waals surface area contributed by atoms with E-state index in [0.29, 0.717) is 34.2 Å². The number of ether oxygens (including phenoxy) is 2. The third-order valence-electron chi connectivity index (χ3n) is 6.33. The van der Waals surface area contributed by atoms with Gasteiger partial charge in [-0.25, -0.2) is 9.78 Å². The number of benzene rings is 3. The van der Waals surface area contributed by atoms with Crippen LogP contribution < -0.4 is 9.64 Å². The Morgan fingerprint density at radius 1 is 1.03 bits per heavy atom. The van der Waals surface area contributed by atoms with E-state index in [9.17, 15) is 19.5 Å². The number of thiazole rings is 1. The molecule has 3 aromatic carbocycles. The molecule has 1 fully saturated rings. The van der Waals surface area contributed by atoms with Crippen LogP contribution in [0.4, 0.5) is 5.13 Å². The first-order valence-corrected chi connectivity index (χ1v) is 12.9. The van der Waals surface area contributed by atoms with E-state index in [1.165, 1.54) is 29.5 Å². The van der Waals surface area contributed by atoms with Crippen molar-refractivity contribution in [2.24, 2.45) is 0 Å². The number of hydrogen-bond donors (Lipinski definition) is 1. The maximum Gasteiger partial charge on any atom is 0.337 e. The van der Waals surface area contributed by atoms with E-state index in [-0.39, 0.29) is 11.3 Å². The number of hydrogen-bond acceptors (Lipinski definition) is 8. The van der Waals surface area contributed by atoms with Gasteiger partial charge in [0.2, 0.25) is 0 Å². The largest absolute Gasteiger partial charge is 0.507 e. The molecule has 0 spiro atoms. The van der Waals surface area contributed by atoms with E-state index in [0.717, 1.165) is 11.1 Å². The van der Waals surface area contributed by atoms with Gasteiger partial charge in [-0.15, -0.1) is 11.3 Å². The predicted molar refractivity (Wildman–Crippen MR) is 147 cm³/mol. The first-order valence-electron chi connectivity index (χ1n) is 12.0. The molecule has 9 heteroatoms. The molecule has 1 aliphatic heterocycles. The summed E-state index contributed by atoms with van der Waals surface area (Å²) in [6, 6.07) is 20.1. The minimum Gasteiger partial charge on any atom is -0.507 e. The number of ketones is 1. The number of amides is 1. The number of aliphatic hydroxyl groups is 1. The van der Waals surface area contributed by atoms with E-state index >= 15 is 0 Å². The minimum atomic E-state index is -0.944. The van der Waals surface area contributed by atoms with Crippen molar-refractivity contribution in [1.82, 2.24) is 4.98 Å². The second kappa shape index (κ2) is 10.9. The van der Waals surface area contributed by atoms with Crippen LogP contribution in [0, 0.1) is 6.92 Å². The second-order valence-electron chi connectivity index (χ2n) is 8.90. The molecular weight excluding hydrogens is 516 g/mol. The molecular formula is C30H24N2O6S. The smallest absolute Gasteiger partial charge is 0.337 e. The molecule has 1 amide bonds. The molecule has 5 rings (SSSR count). The zero-order chi connectivity index (χ0) is 27.5. The standard InChI is InChI=1S/C30H24N2O6S/c1-18-4-3-5-19(16-18)17-38-23-12-10-21(11-13-23)26(33)24-25(20-6-8-22(9-7-20)29(36)37-2)32(28(35)27(24)34)30-31-14-15-39-30/h3-16,25,33H,17H2,1-2H3/t25-/m1/s1. The fourth-order valence-electron chi connectivity index (χ4n) is 4.43. The Balaban J connectivity index is 1.49. The Bertz CT molecular complexity index is 1560. The fourth-order valence-corrected chi connectivity index (χ4v) is 5.10. The number of aryl methyl sites for hydroxylation is 1. The Labute approximate surface area is 228 Å². The van der Waals surface area contributed by atoms with E-state index < -0.39 is 23.7 Å². The highest BCUT2D eigenvalue weighted by Gasteiger charge is 2.48. The molecule has 4 aromatic rings. The van der Waals surface area contributed by atoms with Gasteiger partial charge in [-0.05, 0) is 54.4 Å². The molecule has 0 aliphatic carbocycles. The van der Waals surface area contributed by atoms with Gasteiger partial charge in [-0.1, -0.05) is 42.0 Å². The van der Waals surface area contributed by atoms with Gasteiger partial charge in [-0.3, -0.25) is 14.5 Å². The van der Waals surface area contributed by atoms with Crippen LogP contribution in [0.5, 0.6) is 5.75 Å². The quantitative estimate of drug-likeness (QED) is 0.144. The average Bonchev–Trinajstić information content (AvgIpc) is 3.58. The van der Waals surface area contributed by atoms with Gasteiger partial charge in [0.25, 0.3) is 5.78 Å². The van der Waals surface area contributed by atoms with Crippen LogP contribution in [0.25, 0.3) is 5.76 Å². The third kappa shape index (κ3) is 5.17. The lowest BCUT2D eigenvalue weighted by molar-refractivity contribution is -0.132. The lowest BCUT2D eigenvalue weighted by atomic mass is 9.94. The molecule has 8 nitrogen and oxygen atoms in total. The molecule has 1 aliphatic rings. The zero-order valence-corrected chi connectivity index (χ0v) is 22.0. The molecule has 1 N–H and O–H groups in total. The van der Waals surface area contributed by atoms with Crippen molar-refractivity contribution in [3.05, 3.63) is 118 Å². The van der Waals surface area contributed by atoms with Crippen molar-refractivity contribution < 1.29 is 29.0 Å². The van der Waals surface area contributed by atoms with E-state index in [1.807, 2.05) is 31.2 Å². The average molecular weight is 541 g/mol. The van der Waals surface area contributed by atoms with Crippen LogP contribution in [0.1, 0.15) is 38.7 Å². The second-order valence-corrected chi connectivity index (χ2v) is 9.77. The highest BCUT2D eigenvalue weighted by molar-refractivity contribution is 7.14. The summed E-state index contributed by atoms with van der Waals surface area (Å²) in [6.07, 6.45) is 1.53. The van der Waals surface area contributed by atoms with Crippen LogP contribution in [0.3, 0.4) is 0 Å². The first kappa shape index (κ1) is 25.9. The summed E-state index contributed by atoms with van der Waals surface area (Å²) in [5.41, 5.74) is 3.29. The van der Waals surface area contributed by atoms with Gasteiger partial charge in [0.15, 0.2) is 5.13 Å². The zero-order valence-electron chi connectivity index (χ0n) is 21.2. The summed E-state index contributed by atoms with van der Waals surface area (Å²) in [4.78, 5) is 43.8. The Hall–Kier alpha value is -4.76. The molecule has 1 aromatic heterocycles. The van der Waals surface area contributed by atoms with Crippen molar-refractivity contribution in [3.63, 3.8) is 0 Å². The molecule has 39 heavy (non-hydrogen) atoms. The molecule has 0 radical (unpaired) electrons. The van der Waals surface area contributed by atoms with Crippen LogP contribution in [0.2, 0.25) is 0 Å². The molecule has 1 saturated heterocycles. The van der Waals surface area contributed by atoms with Gasteiger partial charge in [-0.2, -0.15) is 0 Å². The highest BCUT2D eigenvalue weighted by Crippen LogP contribution is 2.42. The summed E-state index contributed by atoms with van der Waals surface area (Å²) < 4.78 is 10.6. The number of methoxy groups -OCH3 is 1. The SMILES string of the molecule is COC(=O)c1ccc([C@@H]2C(=C(O)c3ccc(OCc4cccc(C)c4)cc3)C(=O)C(=O)N2c2nccs2)cc1. The third-order valence-corrected chi connectivity index (χ3v) is 7.10. The number of carbonyl (C=O) groups excluding carboxylic acids is 3. The minimum absolute atomic E-state index is 0.0746. The number of nitrogens with zero attached hydrogens (tertiary/aromatic N) is 2. The number of anilines is 1. The van der Waals surface area contributed by atoms with Crippen molar-refractivity contribution in [1.29, 1.82) is 0 Å². The highest BCUT2D eigenvalue weighted by atomic mass is 32.1. The molecule has 2 heterocycles. The number of rotatable bonds is 7. The number of carbonyl (C=O) groups is 3. The molecule has 1 atom stereocenters. The van der Waals surface area contributed by atoms with Crippen LogP contribution in [0.15, 0.2) is 89.9 Å². The predicted octanol–water partition coefficient (Wildman–Crippen LogP) is 5.44. The maximum absolute atomic E-state index is 13.3. The summed E-state index contributed by atoms with van der Waals surface area (Å²) in [7, 11) is 1.28. The van der Waals surface area contributed by atoms with Gasteiger partial charge in [0.1, 0.15) is 18.1 Å². The molecule has 0 saturated carbocycles. The van der Waals surface area contributed by atoms with Crippen LogP contribution in [-0.2, 0) is 20.9 Å². The molecule has 0 unspecified atom stereocenters. The fraction of sp³-hybridized carbons (Fsp3) is 0.133. The normalized spacial score (nSPS) is 16.4. The van der Waals surface area contributed by atoms with Crippen LogP contribution >= 0.6 is 11.3 Å². The number of aromatic nitrogens is 1. The van der Waals surface area contributed by atoms with Crippen molar-refractivity contribution in [3.8, 4) is 5.75 Å². The van der Waals surface area contributed by atoms with Gasteiger partial charge < -0.3 is 14.6 Å². The van der Waals surface area contributed by atoms with E-state index in [4.69, 9.17) is 9.47 Å². The van der Waals surface area contributed by atoms with Crippen molar-refractivity contribution in [2.45, 2.75) is 19.6 Å². The van der Waals surface area contributed by atoms with Gasteiger partial charge >= 0.3 is 11.9 Å². The van der Waals surface area contributed by atoms with Crippen molar-refractivity contribution >= 4 is 39.9 Å².